The third-order valence-corrected chi connectivity index (χ3v) is 5.66. The van der Waals surface area contributed by atoms with E-state index in [1.165, 1.54) is 11.3 Å². The van der Waals surface area contributed by atoms with Crippen LogP contribution in [0.5, 0.6) is 5.75 Å². The summed E-state index contributed by atoms with van der Waals surface area (Å²) in [5, 5.41) is 0. The first-order chi connectivity index (χ1) is 13.5. The SMILES string of the molecule is COc1ccc(-n2cccc2CN(C)C(=O)c2ccc3nc(Cl)sc3c2)cc1. The van der Waals surface area contributed by atoms with Gasteiger partial charge in [-0.1, -0.05) is 11.6 Å². The van der Waals surface area contributed by atoms with Gasteiger partial charge < -0.3 is 14.2 Å². The van der Waals surface area contributed by atoms with Crippen molar-refractivity contribution in [2.24, 2.45) is 0 Å². The second-order valence-corrected chi connectivity index (χ2v) is 7.99. The fraction of sp³-hybridized carbons (Fsp3) is 0.143. The van der Waals surface area contributed by atoms with E-state index in [-0.39, 0.29) is 5.91 Å². The molecule has 0 saturated carbocycles. The lowest BCUT2D eigenvalue weighted by molar-refractivity contribution is 0.0783. The third kappa shape index (κ3) is 3.61. The van der Waals surface area contributed by atoms with E-state index in [0.717, 1.165) is 27.3 Å². The van der Waals surface area contributed by atoms with Gasteiger partial charge in [0.2, 0.25) is 0 Å². The molecule has 0 atom stereocenters. The van der Waals surface area contributed by atoms with Gasteiger partial charge in [-0.25, -0.2) is 4.98 Å². The number of aromatic nitrogens is 2. The van der Waals surface area contributed by atoms with E-state index in [2.05, 4.69) is 9.55 Å². The summed E-state index contributed by atoms with van der Waals surface area (Å²) in [5.41, 5.74) is 3.46. The minimum absolute atomic E-state index is 0.0473. The summed E-state index contributed by atoms with van der Waals surface area (Å²) in [6.45, 7) is 0.485. The number of thiazole rings is 1. The Hall–Kier alpha value is -2.83. The average Bonchev–Trinajstić information content (AvgIpc) is 3.32. The fourth-order valence-corrected chi connectivity index (χ4v) is 4.17. The quantitative estimate of drug-likeness (QED) is 0.463. The van der Waals surface area contributed by atoms with Crippen LogP contribution in [0.2, 0.25) is 4.47 Å². The number of carbonyl (C=O) groups excluding carboxylic acids is 1. The summed E-state index contributed by atoms with van der Waals surface area (Å²) in [4.78, 5) is 18.8. The molecule has 1 amide bonds. The van der Waals surface area contributed by atoms with E-state index >= 15 is 0 Å². The Balaban J connectivity index is 1.55. The van der Waals surface area contributed by atoms with Crippen molar-refractivity contribution in [3.8, 4) is 11.4 Å². The molecule has 0 unspecified atom stereocenters. The van der Waals surface area contributed by atoms with Crippen LogP contribution in [0.4, 0.5) is 0 Å². The Kier molecular flexibility index (Phi) is 5.07. The molecule has 2 aromatic heterocycles. The van der Waals surface area contributed by atoms with Crippen molar-refractivity contribution >= 4 is 39.1 Å². The Morgan fingerprint density at radius 1 is 1.21 bits per heavy atom. The second kappa shape index (κ2) is 7.66. The van der Waals surface area contributed by atoms with Gasteiger partial charge in [0.25, 0.3) is 5.91 Å². The number of fused-ring (bicyclic) bond motifs is 1. The number of halogens is 1. The number of benzene rings is 2. The molecule has 2 heterocycles. The smallest absolute Gasteiger partial charge is 0.253 e. The number of carbonyl (C=O) groups is 1. The Morgan fingerprint density at radius 3 is 2.75 bits per heavy atom. The highest BCUT2D eigenvalue weighted by Gasteiger charge is 2.15. The van der Waals surface area contributed by atoms with Crippen LogP contribution in [0, 0.1) is 0 Å². The fourth-order valence-electron chi connectivity index (χ4n) is 3.10. The van der Waals surface area contributed by atoms with Crippen molar-refractivity contribution in [3.05, 3.63) is 76.5 Å². The Labute approximate surface area is 171 Å². The highest BCUT2D eigenvalue weighted by Crippen LogP contribution is 2.27. The number of ether oxygens (including phenoxy) is 1. The predicted octanol–water partition coefficient (Wildman–Crippen LogP) is 5.02. The summed E-state index contributed by atoms with van der Waals surface area (Å²) >= 11 is 7.34. The van der Waals surface area contributed by atoms with Crippen LogP contribution in [0.25, 0.3) is 15.9 Å². The van der Waals surface area contributed by atoms with Gasteiger partial charge in [0, 0.05) is 30.2 Å². The third-order valence-electron chi connectivity index (χ3n) is 4.54. The lowest BCUT2D eigenvalue weighted by Crippen LogP contribution is -2.27. The lowest BCUT2D eigenvalue weighted by atomic mass is 10.2. The van der Waals surface area contributed by atoms with Gasteiger partial charge in [-0.3, -0.25) is 4.79 Å². The maximum atomic E-state index is 12.9. The van der Waals surface area contributed by atoms with Crippen molar-refractivity contribution in [3.63, 3.8) is 0 Å². The van der Waals surface area contributed by atoms with E-state index in [4.69, 9.17) is 16.3 Å². The summed E-state index contributed by atoms with van der Waals surface area (Å²) in [6, 6.07) is 17.3. The lowest BCUT2D eigenvalue weighted by Gasteiger charge is -2.19. The highest BCUT2D eigenvalue weighted by molar-refractivity contribution is 7.22. The van der Waals surface area contributed by atoms with E-state index in [9.17, 15) is 4.79 Å². The zero-order valence-electron chi connectivity index (χ0n) is 15.4. The van der Waals surface area contributed by atoms with Crippen molar-refractivity contribution < 1.29 is 9.53 Å². The molecular weight excluding hydrogens is 394 g/mol. The van der Waals surface area contributed by atoms with Crippen molar-refractivity contribution in [1.82, 2.24) is 14.5 Å². The molecule has 28 heavy (non-hydrogen) atoms. The van der Waals surface area contributed by atoms with E-state index in [1.807, 2.05) is 54.7 Å². The Bertz CT molecular complexity index is 1130. The minimum Gasteiger partial charge on any atom is -0.497 e. The first-order valence-electron chi connectivity index (χ1n) is 8.67. The zero-order chi connectivity index (χ0) is 19.7. The largest absolute Gasteiger partial charge is 0.497 e. The van der Waals surface area contributed by atoms with Crippen molar-refractivity contribution in [2.45, 2.75) is 6.54 Å². The normalized spacial score (nSPS) is 11.0. The molecule has 0 aliphatic carbocycles. The molecule has 2 aromatic carbocycles. The summed E-state index contributed by atoms with van der Waals surface area (Å²) in [5.74, 6) is 0.761. The average molecular weight is 412 g/mol. The van der Waals surface area contributed by atoms with Gasteiger partial charge in [-0.15, -0.1) is 11.3 Å². The number of nitrogens with zero attached hydrogens (tertiary/aromatic N) is 3. The molecule has 4 aromatic rings. The predicted molar refractivity (Wildman–Crippen MR) is 113 cm³/mol. The molecular formula is C21H18ClN3O2S. The number of hydrogen-bond donors (Lipinski definition) is 0. The molecule has 0 bridgehead atoms. The molecule has 0 saturated heterocycles. The first kappa shape index (κ1) is 18.5. The molecule has 0 fully saturated rings. The minimum atomic E-state index is -0.0473. The molecule has 0 radical (unpaired) electrons. The van der Waals surface area contributed by atoms with Gasteiger partial charge >= 0.3 is 0 Å². The molecule has 7 heteroatoms. The first-order valence-corrected chi connectivity index (χ1v) is 9.87. The molecule has 4 rings (SSSR count). The summed E-state index contributed by atoms with van der Waals surface area (Å²) < 4.78 is 8.67. The van der Waals surface area contributed by atoms with E-state index < -0.39 is 0 Å². The van der Waals surface area contributed by atoms with E-state index in [0.29, 0.717) is 16.6 Å². The maximum absolute atomic E-state index is 12.9. The van der Waals surface area contributed by atoms with Gasteiger partial charge in [0.15, 0.2) is 4.47 Å². The maximum Gasteiger partial charge on any atom is 0.253 e. The molecule has 142 valence electrons. The Morgan fingerprint density at radius 2 is 2.00 bits per heavy atom. The molecule has 0 aliphatic heterocycles. The van der Waals surface area contributed by atoms with Crippen LogP contribution >= 0.6 is 22.9 Å². The zero-order valence-corrected chi connectivity index (χ0v) is 17.0. The van der Waals surface area contributed by atoms with Crippen LogP contribution in [0.3, 0.4) is 0 Å². The number of amides is 1. The highest BCUT2D eigenvalue weighted by atomic mass is 35.5. The van der Waals surface area contributed by atoms with Crippen LogP contribution in [-0.4, -0.2) is 34.5 Å². The van der Waals surface area contributed by atoms with Crippen LogP contribution in [-0.2, 0) is 6.54 Å². The number of rotatable bonds is 5. The van der Waals surface area contributed by atoms with Gasteiger partial charge in [0.1, 0.15) is 5.75 Å². The number of hydrogen-bond acceptors (Lipinski definition) is 4. The summed E-state index contributed by atoms with van der Waals surface area (Å²) in [7, 11) is 3.45. The standard InChI is InChI=1S/C21H18ClN3O2S/c1-24(20(26)14-5-10-18-19(12-14)28-21(22)23-18)13-16-4-3-11-25(16)15-6-8-17(27-2)9-7-15/h3-12H,13H2,1-2H3. The topological polar surface area (TPSA) is 47.4 Å². The van der Waals surface area contributed by atoms with Crippen LogP contribution < -0.4 is 4.74 Å². The van der Waals surface area contributed by atoms with Crippen molar-refractivity contribution in [1.29, 1.82) is 0 Å². The molecule has 0 aliphatic rings. The molecule has 0 N–H and O–H groups in total. The van der Waals surface area contributed by atoms with Crippen LogP contribution in [0.1, 0.15) is 16.1 Å². The number of methoxy groups -OCH3 is 1. The van der Waals surface area contributed by atoms with Gasteiger partial charge in [0.05, 0.1) is 23.9 Å². The van der Waals surface area contributed by atoms with Crippen molar-refractivity contribution in [2.75, 3.05) is 14.2 Å². The second-order valence-electron chi connectivity index (χ2n) is 6.38. The van der Waals surface area contributed by atoms with Crippen LogP contribution in [0.15, 0.2) is 60.8 Å². The monoisotopic (exact) mass is 411 g/mol. The van der Waals surface area contributed by atoms with E-state index in [1.54, 1.807) is 25.1 Å². The molecule has 0 spiro atoms. The van der Waals surface area contributed by atoms with Gasteiger partial charge in [-0.05, 0) is 54.6 Å². The van der Waals surface area contributed by atoms with Gasteiger partial charge in [-0.2, -0.15) is 0 Å². The molecule has 5 nitrogen and oxygen atoms in total. The summed E-state index contributed by atoms with van der Waals surface area (Å²) in [6.07, 6.45) is 1.99.